The predicted molar refractivity (Wildman–Crippen MR) is 104 cm³/mol. The van der Waals surface area contributed by atoms with E-state index in [1.54, 1.807) is 49.5 Å². The number of hydrogen-bond acceptors (Lipinski definition) is 3. The van der Waals surface area contributed by atoms with Crippen molar-refractivity contribution < 1.29 is 13.2 Å². The van der Waals surface area contributed by atoms with Crippen LogP contribution in [0.2, 0.25) is 5.02 Å². The highest BCUT2D eigenvalue weighted by Crippen LogP contribution is 2.19. The van der Waals surface area contributed by atoms with Gasteiger partial charge in [0.15, 0.2) is 0 Å². The Morgan fingerprint density at radius 1 is 0.962 bits per heavy atom. The minimum absolute atomic E-state index is 0.283. The molecule has 0 aliphatic rings. The molecule has 0 aromatic heterocycles. The zero-order valence-corrected chi connectivity index (χ0v) is 16.5. The molecule has 0 radical (unpaired) electrons. The second-order valence-corrected chi connectivity index (χ2v) is 8.51. The third-order valence-corrected chi connectivity index (χ3v) is 5.89. The van der Waals surface area contributed by atoms with Gasteiger partial charge in [0.2, 0.25) is 5.91 Å². The molecule has 2 aromatic carbocycles. The van der Waals surface area contributed by atoms with Crippen molar-refractivity contribution in [2.75, 3.05) is 32.0 Å². The summed E-state index contributed by atoms with van der Waals surface area (Å²) in [7, 11) is 0.719. The second-order valence-electron chi connectivity index (χ2n) is 6.01. The van der Waals surface area contributed by atoms with Gasteiger partial charge in [-0.2, -0.15) is 12.7 Å². The molecule has 2 rings (SSSR count). The number of nitrogens with zero attached hydrogens (tertiary/aromatic N) is 3. The average Bonchev–Trinajstić information content (AvgIpc) is 2.61. The van der Waals surface area contributed by atoms with E-state index in [0.717, 1.165) is 14.2 Å². The van der Waals surface area contributed by atoms with Gasteiger partial charge in [-0.25, -0.2) is 4.31 Å². The van der Waals surface area contributed by atoms with E-state index in [2.05, 4.69) is 0 Å². The van der Waals surface area contributed by atoms with Crippen LogP contribution in [-0.2, 0) is 21.5 Å². The fourth-order valence-corrected chi connectivity index (χ4v) is 3.47. The summed E-state index contributed by atoms with van der Waals surface area (Å²) in [4.78, 5) is 14.1. The highest BCUT2D eigenvalue weighted by atomic mass is 35.5. The molecule has 26 heavy (non-hydrogen) atoms. The minimum Gasteiger partial charge on any atom is -0.340 e. The van der Waals surface area contributed by atoms with Crippen LogP contribution < -0.4 is 4.31 Å². The van der Waals surface area contributed by atoms with Crippen molar-refractivity contribution in [2.24, 2.45) is 0 Å². The van der Waals surface area contributed by atoms with Gasteiger partial charge in [-0.3, -0.25) is 4.79 Å². The van der Waals surface area contributed by atoms with Gasteiger partial charge in [0.1, 0.15) is 6.54 Å². The van der Waals surface area contributed by atoms with Crippen molar-refractivity contribution in [1.29, 1.82) is 0 Å². The normalized spacial score (nSPS) is 11.4. The Balaban J connectivity index is 2.19. The lowest BCUT2D eigenvalue weighted by Crippen LogP contribution is -2.46. The number of amides is 1. The fourth-order valence-electron chi connectivity index (χ4n) is 2.29. The third-order valence-electron chi connectivity index (χ3n) is 3.82. The van der Waals surface area contributed by atoms with E-state index in [0.29, 0.717) is 17.3 Å². The van der Waals surface area contributed by atoms with E-state index in [1.807, 2.05) is 12.1 Å². The lowest BCUT2D eigenvalue weighted by atomic mass is 10.2. The SMILES string of the molecule is CN(Cc1ccc(Cl)cc1)C(=O)CN(c1ccccc1)S(=O)(=O)N(C)C. The van der Waals surface area contributed by atoms with Crippen molar-refractivity contribution in [1.82, 2.24) is 9.21 Å². The summed E-state index contributed by atoms with van der Waals surface area (Å²) in [5.74, 6) is -0.311. The topological polar surface area (TPSA) is 60.9 Å². The number of hydrogen-bond donors (Lipinski definition) is 0. The first-order valence-corrected chi connectivity index (χ1v) is 9.73. The van der Waals surface area contributed by atoms with Gasteiger partial charge in [0.05, 0.1) is 5.69 Å². The van der Waals surface area contributed by atoms with Crippen LogP contribution in [0.15, 0.2) is 54.6 Å². The molecule has 0 spiro atoms. The summed E-state index contributed by atoms with van der Waals surface area (Å²) >= 11 is 5.87. The van der Waals surface area contributed by atoms with Crippen LogP contribution in [0.25, 0.3) is 0 Å². The van der Waals surface area contributed by atoms with Gasteiger partial charge in [-0.1, -0.05) is 41.9 Å². The Labute approximate surface area is 159 Å². The van der Waals surface area contributed by atoms with Crippen LogP contribution >= 0.6 is 11.6 Å². The Hall–Kier alpha value is -2.09. The first-order chi connectivity index (χ1) is 12.2. The molecule has 0 saturated carbocycles. The van der Waals surface area contributed by atoms with Crippen molar-refractivity contribution in [3.05, 3.63) is 65.2 Å². The first kappa shape index (κ1) is 20.2. The number of anilines is 1. The number of carbonyl (C=O) groups excluding carboxylic acids is 1. The Kier molecular flexibility index (Phi) is 6.63. The maximum atomic E-state index is 12.7. The monoisotopic (exact) mass is 395 g/mol. The fraction of sp³-hybridized carbons (Fsp3) is 0.278. The predicted octanol–water partition coefficient (Wildman–Crippen LogP) is 2.61. The van der Waals surface area contributed by atoms with Gasteiger partial charge in [-0.05, 0) is 29.8 Å². The molecule has 0 atom stereocenters. The molecule has 0 aliphatic carbocycles. The van der Waals surface area contributed by atoms with E-state index in [-0.39, 0.29) is 12.5 Å². The maximum absolute atomic E-state index is 12.7. The van der Waals surface area contributed by atoms with Crippen molar-refractivity contribution in [3.8, 4) is 0 Å². The van der Waals surface area contributed by atoms with E-state index in [4.69, 9.17) is 11.6 Å². The molecule has 2 aromatic rings. The molecule has 0 aliphatic heterocycles. The summed E-state index contributed by atoms with van der Waals surface area (Å²) in [6, 6.07) is 15.7. The number of likely N-dealkylation sites (N-methyl/N-ethyl adjacent to an activating group) is 1. The quantitative estimate of drug-likeness (QED) is 0.724. The number of benzene rings is 2. The molecule has 0 unspecified atom stereocenters. The van der Waals surface area contributed by atoms with Gasteiger partial charge in [0.25, 0.3) is 0 Å². The third kappa shape index (κ3) is 4.97. The Morgan fingerprint density at radius 2 is 1.54 bits per heavy atom. The highest BCUT2D eigenvalue weighted by molar-refractivity contribution is 7.90. The molecule has 1 amide bonds. The van der Waals surface area contributed by atoms with Gasteiger partial charge in [-0.15, -0.1) is 0 Å². The van der Waals surface area contributed by atoms with Crippen molar-refractivity contribution in [3.63, 3.8) is 0 Å². The summed E-state index contributed by atoms with van der Waals surface area (Å²) in [6.45, 7) is 0.0786. The van der Waals surface area contributed by atoms with Crippen LogP contribution in [0.1, 0.15) is 5.56 Å². The summed E-state index contributed by atoms with van der Waals surface area (Å²) < 4.78 is 27.5. The van der Waals surface area contributed by atoms with Gasteiger partial charge < -0.3 is 4.90 Å². The molecule has 0 heterocycles. The molecular formula is C18H22ClN3O3S. The summed E-state index contributed by atoms with van der Waals surface area (Å²) in [6.07, 6.45) is 0. The molecule has 6 nitrogen and oxygen atoms in total. The molecule has 8 heteroatoms. The van der Waals surface area contributed by atoms with Crippen LogP contribution in [0.3, 0.4) is 0 Å². The number of para-hydroxylation sites is 1. The Bertz CT molecular complexity index is 840. The highest BCUT2D eigenvalue weighted by Gasteiger charge is 2.28. The lowest BCUT2D eigenvalue weighted by molar-refractivity contribution is -0.128. The average molecular weight is 396 g/mol. The van der Waals surface area contributed by atoms with Gasteiger partial charge in [0, 0.05) is 32.7 Å². The minimum atomic E-state index is -3.80. The Morgan fingerprint density at radius 3 is 2.08 bits per heavy atom. The van der Waals surface area contributed by atoms with Gasteiger partial charge >= 0.3 is 10.2 Å². The van der Waals surface area contributed by atoms with Crippen LogP contribution in [0.5, 0.6) is 0 Å². The van der Waals surface area contributed by atoms with E-state index in [9.17, 15) is 13.2 Å². The van der Waals surface area contributed by atoms with E-state index >= 15 is 0 Å². The molecule has 0 saturated heterocycles. The molecule has 0 N–H and O–H groups in total. The zero-order valence-electron chi connectivity index (χ0n) is 15.0. The summed E-state index contributed by atoms with van der Waals surface area (Å²) in [5.41, 5.74) is 1.35. The molecular weight excluding hydrogens is 374 g/mol. The first-order valence-electron chi connectivity index (χ1n) is 7.95. The number of carbonyl (C=O) groups is 1. The largest absolute Gasteiger partial charge is 0.340 e. The second kappa shape index (κ2) is 8.53. The molecule has 140 valence electrons. The van der Waals surface area contributed by atoms with Crippen LogP contribution in [-0.4, -0.2) is 51.2 Å². The van der Waals surface area contributed by atoms with E-state index < -0.39 is 10.2 Å². The molecule has 0 bridgehead atoms. The number of halogens is 1. The van der Waals surface area contributed by atoms with Crippen molar-refractivity contribution in [2.45, 2.75) is 6.54 Å². The van der Waals surface area contributed by atoms with Crippen LogP contribution in [0, 0.1) is 0 Å². The number of rotatable bonds is 7. The van der Waals surface area contributed by atoms with Crippen LogP contribution in [0.4, 0.5) is 5.69 Å². The zero-order chi connectivity index (χ0) is 19.3. The van der Waals surface area contributed by atoms with Crippen molar-refractivity contribution >= 4 is 33.4 Å². The molecule has 0 fully saturated rings. The maximum Gasteiger partial charge on any atom is 0.304 e. The lowest BCUT2D eigenvalue weighted by Gasteiger charge is -2.28. The smallest absolute Gasteiger partial charge is 0.304 e. The standard InChI is InChI=1S/C18H22ClN3O3S/c1-20(2)26(24,25)22(17-7-5-4-6-8-17)14-18(23)21(3)13-15-9-11-16(19)12-10-15/h4-12H,13-14H2,1-3H3. The van der Waals surface area contributed by atoms with E-state index in [1.165, 1.54) is 19.0 Å². The summed E-state index contributed by atoms with van der Waals surface area (Å²) in [5, 5.41) is 0.620.